The van der Waals surface area contributed by atoms with E-state index >= 15 is 0 Å². The van der Waals surface area contributed by atoms with Gasteiger partial charge < -0.3 is 10.6 Å². The molecule has 1 saturated heterocycles. The summed E-state index contributed by atoms with van der Waals surface area (Å²) in [6.45, 7) is 1.73. The number of hydrogen-bond donors (Lipinski definition) is 1. The zero-order valence-electron chi connectivity index (χ0n) is 8.45. The van der Waals surface area contributed by atoms with Gasteiger partial charge in [-0.2, -0.15) is 0 Å². The molecule has 3 nitrogen and oxygen atoms in total. The molecule has 0 atom stereocenters. The number of nitrogens with zero attached hydrogens (tertiary/aromatic N) is 1. The molecule has 0 radical (unpaired) electrons. The summed E-state index contributed by atoms with van der Waals surface area (Å²) in [6.07, 6.45) is 4.56. The van der Waals surface area contributed by atoms with Gasteiger partial charge in [0.15, 0.2) is 0 Å². The second kappa shape index (κ2) is 4.53. The topological polar surface area (TPSA) is 46.3 Å². The third-order valence-electron chi connectivity index (χ3n) is 2.86. The molecule has 1 aliphatic carbocycles. The van der Waals surface area contributed by atoms with Crippen molar-refractivity contribution in [3.8, 4) is 0 Å². The van der Waals surface area contributed by atoms with Gasteiger partial charge in [0.1, 0.15) is 0 Å². The lowest BCUT2D eigenvalue weighted by Crippen LogP contribution is -2.43. The molecule has 1 aliphatic heterocycles. The number of rotatable bonds is 3. The molecular formula is C10H18N2OS. The average Bonchev–Trinajstić information content (AvgIpc) is 2.99. The van der Waals surface area contributed by atoms with Crippen LogP contribution in [0.15, 0.2) is 0 Å². The Hall–Kier alpha value is -0.220. The van der Waals surface area contributed by atoms with Gasteiger partial charge in [-0.3, -0.25) is 4.79 Å². The van der Waals surface area contributed by atoms with Crippen molar-refractivity contribution in [3.63, 3.8) is 0 Å². The SMILES string of the molecule is NC1CCN(C(=O)CSC2CC2)CC1. The van der Waals surface area contributed by atoms with E-state index in [4.69, 9.17) is 5.73 Å². The Balaban J connectivity index is 1.68. The van der Waals surface area contributed by atoms with Gasteiger partial charge in [0.05, 0.1) is 5.75 Å². The standard InChI is InChI=1S/C10H18N2OS/c11-8-3-5-12(6-4-8)10(13)7-14-9-1-2-9/h8-9H,1-7,11H2. The summed E-state index contributed by atoms with van der Waals surface area (Å²) in [5.41, 5.74) is 5.79. The van der Waals surface area contributed by atoms with Gasteiger partial charge in [0, 0.05) is 24.4 Å². The predicted octanol–water partition coefficient (Wildman–Crippen LogP) is 0.832. The fourth-order valence-electron chi connectivity index (χ4n) is 1.66. The van der Waals surface area contributed by atoms with Crippen LogP contribution in [0.1, 0.15) is 25.7 Å². The minimum atomic E-state index is 0.314. The highest BCUT2D eigenvalue weighted by molar-refractivity contribution is 8.00. The number of nitrogens with two attached hydrogens (primary N) is 1. The van der Waals surface area contributed by atoms with E-state index in [1.165, 1.54) is 12.8 Å². The van der Waals surface area contributed by atoms with E-state index < -0.39 is 0 Å². The Morgan fingerprint density at radius 1 is 1.29 bits per heavy atom. The molecule has 1 amide bonds. The summed E-state index contributed by atoms with van der Waals surface area (Å²) in [4.78, 5) is 13.7. The lowest BCUT2D eigenvalue weighted by Gasteiger charge is -2.30. The molecule has 2 fully saturated rings. The first-order valence-corrected chi connectivity index (χ1v) is 6.45. The molecule has 2 rings (SSSR count). The van der Waals surface area contributed by atoms with E-state index in [-0.39, 0.29) is 0 Å². The molecule has 1 saturated carbocycles. The van der Waals surface area contributed by atoms with Gasteiger partial charge in [0.25, 0.3) is 0 Å². The average molecular weight is 214 g/mol. The Morgan fingerprint density at radius 2 is 1.93 bits per heavy atom. The van der Waals surface area contributed by atoms with Crippen molar-refractivity contribution < 1.29 is 4.79 Å². The van der Waals surface area contributed by atoms with Crippen molar-refractivity contribution in [2.75, 3.05) is 18.8 Å². The maximum atomic E-state index is 11.7. The fourth-order valence-corrected chi connectivity index (χ4v) is 2.69. The molecule has 0 aromatic carbocycles. The lowest BCUT2D eigenvalue weighted by atomic mass is 10.1. The Morgan fingerprint density at radius 3 is 2.50 bits per heavy atom. The van der Waals surface area contributed by atoms with Crippen LogP contribution in [0.5, 0.6) is 0 Å². The molecule has 80 valence electrons. The Kier molecular flexibility index (Phi) is 3.34. The van der Waals surface area contributed by atoms with Crippen LogP contribution in [0.2, 0.25) is 0 Å². The van der Waals surface area contributed by atoms with Crippen LogP contribution in [0, 0.1) is 0 Å². The number of thioether (sulfide) groups is 1. The molecule has 0 aromatic heterocycles. The zero-order chi connectivity index (χ0) is 9.97. The number of carbonyl (C=O) groups excluding carboxylic acids is 1. The van der Waals surface area contributed by atoms with Crippen molar-refractivity contribution in [1.82, 2.24) is 4.90 Å². The van der Waals surface area contributed by atoms with Gasteiger partial charge in [0.2, 0.25) is 5.91 Å². The maximum absolute atomic E-state index is 11.7. The molecule has 0 aromatic rings. The van der Waals surface area contributed by atoms with Crippen LogP contribution in [0.3, 0.4) is 0 Å². The summed E-state index contributed by atoms with van der Waals surface area (Å²) in [5, 5.41) is 0.783. The first kappa shape index (κ1) is 10.3. The van der Waals surface area contributed by atoms with Crippen LogP contribution in [-0.2, 0) is 4.79 Å². The van der Waals surface area contributed by atoms with E-state index in [0.717, 1.165) is 31.2 Å². The van der Waals surface area contributed by atoms with Crippen molar-refractivity contribution in [1.29, 1.82) is 0 Å². The smallest absolute Gasteiger partial charge is 0.232 e. The molecule has 0 spiro atoms. The van der Waals surface area contributed by atoms with Gasteiger partial charge >= 0.3 is 0 Å². The largest absolute Gasteiger partial charge is 0.342 e. The van der Waals surface area contributed by atoms with E-state index in [1.54, 1.807) is 0 Å². The monoisotopic (exact) mass is 214 g/mol. The second-order valence-electron chi connectivity index (χ2n) is 4.23. The molecule has 14 heavy (non-hydrogen) atoms. The van der Waals surface area contributed by atoms with Gasteiger partial charge in [-0.1, -0.05) is 0 Å². The number of amides is 1. The van der Waals surface area contributed by atoms with Gasteiger partial charge in [-0.15, -0.1) is 11.8 Å². The number of likely N-dealkylation sites (tertiary alicyclic amines) is 1. The summed E-state index contributed by atoms with van der Waals surface area (Å²) >= 11 is 1.82. The first-order valence-electron chi connectivity index (χ1n) is 5.40. The van der Waals surface area contributed by atoms with Crippen LogP contribution < -0.4 is 5.73 Å². The van der Waals surface area contributed by atoms with Gasteiger partial charge in [-0.25, -0.2) is 0 Å². The second-order valence-corrected chi connectivity index (χ2v) is 5.52. The van der Waals surface area contributed by atoms with Crippen molar-refractivity contribution in [2.45, 2.75) is 37.0 Å². The number of carbonyl (C=O) groups is 1. The molecule has 1 heterocycles. The highest BCUT2D eigenvalue weighted by Gasteiger charge is 2.25. The number of hydrogen-bond acceptors (Lipinski definition) is 3. The molecule has 0 bridgehead atoms. The fraction of sp³-hybridized carbons (Fsp3) is 0.900. The van der Waals surface area contributed by atoms with Gasteiger partial charge in [-0.05, 0) is 25.7 Å². The van der Waals surface area contributed by atoms with E-state index in [2.05, 4.69) is 0 Å². The van der Waals surface area contributed by atoms with Crippen molar-refractivity contribution in [2.24, 2.45) is 5.73 Å². The van der Waals surface area contributed by atoms with E-state index in [1.807, 2.05) is 16.7 Å². The predicted molar refractivity (Wildman–Crippen MR) is 59.3 cm³/mol. The highest BCUT2D eigenvalue weighted by atomic mass is 32.2. The van der Waals surface area contributed by atoms with Crippen molar-refractivity contribution >= 4 is 17.7 Å². The van der Waals surface area contributed by atoms with Crippen molar-refractivity contribution in [3.05, 3.63) is 0 Å². The zero-order valence-corrected chi connectivity index (χ0v) is 9.26. The maximum Gasteiger partial charge on any atom is 0.232 e. The summed E-state index contributed by atoms with van der Waals surface area (Å²) < 4.78 is 0. The molecule has 4 heteroatoms. The summed E-state index contributed by atoms with van der Waals surface area (Å²) in [6, 6.07) is 0.315. The minimum Gasteiger partial charge on any atom is -0.342 e. The molecule has 2 aliphatic rings. The van der Waals surface area contributed by atoms with E-state index in [0.29, 0.717) is 17.7 Å². The first-order chi connectivity index (χ1) is 6.75. The Labute approximate surface area is 89.4 Å². The van der Waals surface area contributed by atoms with Crippen LogP contribution in [0.4, 0.5) is 0 Å². The summed E-state index contributed by atoms with van der Waals surface area (Å²) in [5.74, 6) is 0.994. The van der Waals surface area contributed by atoms with Crippen LogP contribution >= 0.6 is 11.8 Å². The molecular weight excluding hydrogens is 196 g/mol. The van der Waals surface area contributed by atoms with Crippen LogP contribution in [0.25, 0.3) is 0 Å². The van der Waals surface area contributed by atoms with Crippen LogP contribution in [-0.4, -0.2) is 40.9 Å². The number of piperidine rings is 1. The Bertz CT molecular complexity index is 210. The third kappa shape index (κ3) is 2.89. The van der Waals surface area contributed by atoms with E-state index in [9.17, 15) is 4.79 Å². The minimum absolute atomic E-state index is 0.314. The lowest BCUT2D eigenvalue weighted by molar-refractivity contribution is -0.129. The molecule has 2 N–H and O–H groups in total. The normalized spacial score (nSPS) is 23.9. The quantitative estimate of drug-likeness (QED) is 0.757. The third-order valence-corrected chi connectivity index (χ3v) is 4.22. The highest BCUT2D eigenvalue weighted by Crippen LogP contribution is 2.34. The molecule has 0 unspecified atom stereocenters. The summed E-state index contributed by atoms with van der Waals surface area (Å²) in [7, 11) is 0.